The highest BCUT2D eigenvalue weighted by Gasteiger charge is 2.05. The Morgan fingerprint density at radius 3 is 2.71 bits per heavy atom. The number of hydrogen-bond donors (Lipinski definition) is 2. The van der Waals surface area contributed by atoms with Crippen LogP contribution in [0.25, 0.3) is 0 Å². The van der Waals surface area contributed by atoms with Crippen molar-refractivity contribution in [3.63, 3.8) is 0 Å². The lowest BCUT2D eigenvalue weighted by molar-refractivity contribution is 0.491. The number of rotatable bonds is 9. The smallest absolute Gasteiger partial charge is 0.191 e. The van der Waals surface area contributed by atoms with Gasteiger partial charge in [-0.05, 0) is 32.3 Å². The van der Waals surface area contributed by atoms with Gasteiger partial charge in [0, 0.05) is 25.0 Å². The van der Waals surface area contributed by atoms with Crippen LogP contribution < -0.4 is 10.6 Å². The van der Waals surface area contributed by atoms with Crippen LogP contribution in [0.15, 0.2) is 23.5 Å². The van der Waals surface area contributed by atoms with E-state index in [-0.39, 0.29) is 0 Å². The minimum Gasteiger partial charge on any atom is -0.357 e. The first-order valence-corrected chi connectivity index (χ1v) is 8.14. The van der Waals surface area contributed by atoms with Crippen LogP contribution in [0.2, 0.25) is 0 Å². The molecule has 1 atom stereocenters. The number of guanidine groups is 1. The van der Waals surface area contributed by atoms with Crippen LogP contribution in [0.3, 0.4) is 0 Å². The van der Waals surface area contributed by atoms with Crippen molar-refractivity contribution < 1.29 is 0 Å². The Morgan fingerprint density at radius 2 is 2.10 bits per heavy atom. The number of nitrogens with one attached hydrogen (secondary N) is 2. The molecule has 1 heterocycles. The average Bonchev–Trinajstić information content (AvgIpc) is 2.91. The lowest BCUT2D eigenvalue weighted by Crippen LogP contribution is -2.42. The molecule has 5 nitrogen and oxygen atoms in total. The van der Waals surface area contributed by atoms with E-state index < -0.39 is 0 Å². The molecule has 1 unspecified atom stereocenters. The quantitative estimate of drug-likeness (QED) is 0.543. The summed E-state index contributed by atoms with van der Waals surface area (Å²) < 4.78 is 1.90. The summed E-state index contributed by atoms with van der Waals surface area (Å²) in [6.07, 6.45) is 7.49. The molecule has 0 saturated heterocycles. The van der Waals surface area contributed by atoms with Gasteiger partial charge >= 0.3 is 0 Å². The van der Waals surface area contributed by atoms with Gasteiger partial charge in [-0.25, -0.2) is 0 Å². The van der Waals surface area contributed by atoms with E-state index in [4.69, 9.17) is 0 Å². The van der Waals surface area contributed by atoms with Crippen molar-refractivity contribution in [3.05, 3.63) is 18.5 Å². The summed E-state index contributed by atoms with van der Waals surface area (Å²) in [5.74, 6) is 1.69. The molecule has 0 radical (unpaired) electrons. The molecule has 0 bridgehead atoms. The van der Waals surface area contributed by atoms with Gasteiger partial charge in [0.25, 0.3) is 0 Å². The molecule has 120 valence electrons. The third-order valence-electron chi connectivity index (χ3n) is 3.30. The maximum atomic E-state index is 4.61. The summed E-state index contributed by atoms with van der Waals surface area (Å²) >= 11 is 0. The molecule has 5 heteroatoms. The second kappa shape index (κ2) is 10.2. The maximum Gasteiger partial charge on any atom is 0.191 e. The highest BCUT2D eigenvalue weighted by atomic mass is 15.3. The molecule has 0 aromatic carbocycles. The Labute approximate surface area is 129 Å². The Bertz CT molecular complexity index is 383. The Hall–Kier alpha value is -1.52. The molecule has 0 amide bonds. The zero-order chi connectivity index (χ0) is 15.5. The predicted molar refractivity (Wildman–Crippen MR) is 89.5 cm³/mol. The summed E-state index contributed by atoms with van der Waals surface area (Å²) in [5.41, 5.74) is 0. The fraction of sp³-hybridized carbons (Fsp3) is 0.750. The van der Waals surface area contributed by atoms with Crippen molar-refractivity contribution >= 4 is 5.96 Å². The molecular weight excluding hydrogens is 262 g/mol. The van der Waals surface area contributed by atoms with Crippen molar-refractivity contribution in [3.8, 4) is 0 Å². The van der Waals surface area contributed by atoms with Crippen molar-refractivity contribution in [2.75, 3.05) is 13.1 Å². The summed E-state index contributed by atoms with van der Waals surface area (Å²) in [7, 11) is 0. The molecule has 0 aliphatic heterocycles. The molecule has 1 rings (SSSR count). The van der Waals surface area contributed by atoms with Gasteiger partial charge in [0.2, 0.25) is 0 Å². The monoisotopic (exact) mass is 293 g/mol. The zero-order valence-corrected chi connectivity index (χ0v) is 14.0. The van der Waals surface area contributed by atoms with E-state index in [9.17, 15) is 0 Å². The van der Waals surface area contributed by atoms with E-state index in [1.165, 1.54) is 19.3 Å². The van der Waals surface area contributed by atoms with E-state index in [0.717, 1.165) is 31.5 Å². The molecule has 0 aliphatic carbocycles. The summed E-state index contributed by atoms with van der Waals surface area (Å²) in [5, 5.41) is 11.0. The van der Waals surface area contributed by atoms with Crippen LogP contribution in [0.1, 0.15) is 47.0 Å². The number of nitrogens with zero attached hydrogens (tertiary/aromatic N) is 3. The molecular formula is C16H31N5. The molecule has 0 spiro atoms. The fourth-order valence-electron chi connectivity index (χ4n) is 2.15. The van der Waals surface area contributed by atoms with Gasteiger partial charge in [0.1, 0.15) is 0 Å². The summed E-state index contributed by atoms with van der Waals surface area (Å²) in [6, 6.07) is 2.38. The van der Waals surface area contributed by atoms with Gasteiger partial charge in [0.15, 0.2) is 5.96 Å². The number of hydrogen-bond acceptors (Lipinski definition) is 2. The molecule has 0 saturated carbocycles. The minimum absolute atomic E-state index is 0.450. The van der Waals surface area contributed by atoms with Gasteiger partial charge in [-0.1, -0.05) is 26.7 Å². The predicted octanol–water partition coefficient (Wildman–Crippen LogP) is 2.65. The zero-order valence-electron chi connectivity index (χ0n) is 14.0. The fourth-order valence-corrected chi connectivity index (χ4v) is 2.15. The largest absolute Gasteiger partial charge is 0.357 e. The van der Waals surface area contributed by atoms with E-state index in [2.05, 4.69) is 48.4 Å². The van der Waals surface area contributed by atoms with Gasteiger partial charge in [0.05, 0.1) is 13.1 Å². The van der Waals surface area contributed by atoms with Crippen LogP contribution in [0, 0.1) is 5.92 Å². The first-order chi connectivity index (χ1) is 10.1. The second-order valence-corrected chi connectivity index (χ2v) is 5.90. The molecule has 0 fully saturated rings. The van der Waals surface area contributed by atoms with E-state index in [0.29, 0.717) is 6.04 Å². The first kappa shape index (κ1) is 17.5. The van der Waals surface area contributed by atoms with Crippen molar-refractivity contribution in [2.45, 2.75) is 59.5 Å². The van der Waals surface area contributed by atoms with Crippen LogP contribution in [0.4, 0.5) is 0 Å². The summed E-state index contributed by atoms with van der Waals surface area (Å²) in [4.78, 5) is 4.61. The standard InChI is InChI=1S/C16H31N5/c1-5-17-16(18-11-13-21-12-7-10-19-21)20-15(4)9-6-8-14(2)3/h7,10,12,14-15H,5-6,8-9,11,13H2,1-4H3,(H2,17,18,20). The summed E-state index contributed by atoms with van der Waals surface area (Å²) in [6.45, 7) is 11.3. The lowest BCUT2D eigenvalue weighted by Gasteiger charge is -2.18. The molecule has 1 aromatic heterocycles. The van der Waals surface area contributed by atoms with Crippen LogP contribution >= 0.6 is 0 Å². The van der Waals surface area contributed by atoms with Gasteiger partial charge in [-0.2, -0.15) is 5.10 Å². The van der Waals surface area contributed by atoms with Gasteiger partial charge in [-0.15, -0.1) is 0 Å². The number of aromatic nitrogens is 2. The minimum atomic E-state index is 0.450. The molecule has 1 aromatic rings. The van der Waals surface area contributed by atoms with E-state index in [1.54, 1.807) is 6.20 Å². The van der Waals surface area contributed by atoms with Crippen molar-refractivity contribution in [1.29, 1.82) is 0 Å². The maximum absolute atomic E-state index is 4.61. The van der Waals surface area contributed by atoms with E-state index in [1.807, 2.05) is 16.9 Å². The van der Waals surface area contributed by atoms with Crippen molar-refractivity contribution in [1.82, 2.24) is 20.4 Å². The highest BCUT2D eigenvalue weighted by molar-refractivity contribution is 5.79. The first-order valence-electron chi connectivity index (χ1n) is 8.14. The number of aliphatic imine (C=N–C) groups is 1. The molecule has 21 heavy (non-hydrogen) atoms. The second-order valence-electron chi connectivity index (χ2n) is 5.90. The van der Waals surface area contributed by atoms with Crippen LogP contribution in [-0.4, -0.2) is 34.9 Å². The molecule has 2 N–H and O–H groups in total. The molecule has 0 aliphatic rings. The van der Waals surface area contributed by atoms with E-state index >= 15 is 0 Å². The van der Waals surface area contributed by atoms with Gasteiger partial charge < -0.3 is 10.6 Å². The Kier molecular flexibility index (Phi) is 8.55. The lowest BCUT2D eigenvalue weighted by atomic mass is 10.0. The average molecular weight is 293 g/mol. The van der Waals surface area contributed by atoms with Gasteiger partial charge in [-0.3, -0.25) is 9.67 Å². The third-order valence-corrected chi connectivity index (χ3v) is 3.30. The van der Waals surface area contributed by atoms with Crippen LogP contribution in [0.5, 0.6) is 0 Å². The van der Waals surface area contributed by atoms with Crippen molar-refractivity contribution in [2.24, 2.45) is 10.9 Å². The topological polar surface area (TPSA) is 54.2 Å². The highest BCUT2D eigenvalue weighted by Crippen LogP contribution is 2.08. The third kappa shape index (κ3) is 8.38. The SMILES string of the molecule is CCNC(=NCCn1cccn1)NC(C)CCCC(C)C. The van der Waals surface area contributed by atoms with Crippen LogP contribution in [-0.2, 0) is 6.54 Å². The Morgan fingerprint density at radius 1 is 1.29 bits per heavy atom. The Balaban J connectivity index is 2.33. The normalized spacial score (nSPS) is 13.5.